The first-order valence-corrected chi connectivity index (χ1v) is 7.71. The van der Waals surface area contributed by atoms with E-state index < -0.39 is 5.97 Å². The Hall–Kier alpha value is -1.04. The zero-order chi connectivity index (χ0) is 15.6. The fourth-order valence-corrected chi connectivity index (χ4v) is 3.06. The van der Waals surface area contributed by atoms with Crippen LogP contribution in [0, 0.1) is 26.7 Å². The average Bonchev–Trinajstić information content (AvgIpc) is 2.68. The highest BCUT2D eigenvalue weighted by atomic mass is 127. The first-order valence-electron chi connectivity index (χ1n) is 7.71. The first-order chi connectivity index (χ1) is 9.93. The summed E-state index contributed by atoms with van der Waals surface area (Å²) in [4.78, 5) is 10.8. The SMILES string of the molecule is Cc1cccc2c1c(C)c(C)n2CCCCC(C)C(=O)O.I. The van der Waals surface area contributed by atoms with Crippen LogP contribution >= 0.6 is 24.0 Å². The van der Waals surface area contributed by atoms with Gasteiger partial charge in [0, 0.05) is 23.1 Å². The zero-order valence-corrected chi connectivity index (χ0v) is 16.2. The van der Waals surface area contributed by atoms with E-state index in [-0.39, 0.29) is 29.9 Å². The molecule has 4 heteroatoms. The van der Waals surface area contributed by atoms with Crippen LogP contribution in [0.25, 0.3) is 10.9 Å². The molecular weight excluding hydrogens is 389 g/mol. The van der Waals surface area contributed by atoms with Gasteiger partial charge in [-0.2, -0.15) is 0 Å². The molecule has 0 aliphatic carbocycles. The summed E-state index contributed by atoms with van der Waals surface area (Å²) in [6, 6.07) is 6.45. The smallest absolute Gasteiger partial charge is 0.306 e. The van der Waals surface area contributed by atoms with E-state index in [1.807, 2.05) is 0 Å². The molecule has 0 saturated heterocycles. The molecule has 122 valence electrons. The van der Waals surface area contributed by atoms with E-state index in [0.29, 0.717) is 0 Å². The van der Waals surface area contributed by atoms with Crippen LogP contribution in [-0.2, 0) is 11.3 Å². The molecule has 1 heterocycles. The number of unbranched alkanes of at least 4 members (excludes halogenated alkanes) is 1. The molecule has 0 fully saturated rings. The predicted octanol–water partition coefficient (Wildman–Crippen LogP) is 5.08. The van der Waals surface area contributed by atoms with Crippen LogP contribution in [0.4, 0.5) is 0 Å². The highest BCUT2D eigenvalue weighted by molar-refractivity contribution is 14.0. The Morgan fingerprint density at radius 3 is 2.55 bits per heavy atom. The van der Waals surface area contributed by atoms with Crippen LogP contribution in [0.15, 0.2) is 18.2 Å². The highest BCUT2D eigenvalue weighted by Gasteiger charge is 2.13. The second-order valence-electron chi connectivity index (χ2n) is 6.07. The lowest BCUT2D eigenvalue weighted by molar-refractivity contribution is -0.141. The molecule has 0 amide bonds. The monoisotopic (exact) mass is 415 g/mol. The van der Waals surface area contributed by atoms with E-state index >= 15 is 0 Å². The van der Waals surface area contributed by atoms with E-state index in [1.54, 1.807) is 6.92 Å². The normalized spacial score (nSPS) is 12.2. The van der Waals surface area contributed by atoms with Gasteiger partial charge in [-0.05, 0) is 50.8 Å². The van der Waals surface area contributed by atoms with E-state index in [4.69, 9.17) is 5.11 Å². The second-order valence-corrected chi connectivity index (χ2v) is 6.07. The van der Waals surface area contributed by atoms with Crippen molar-refractivity contribution < 1.29 is 9.90 Å². The van der Waals surface area contributed by atoms with Gasteiger partial charge in [0.25, 0.3) is 0 Å². The number of carboxylic acids is 1. The van der Waals surface area contributed by atoms with Crippen molar-refractivity contribution >= 4 is 40.8 Å². The Morgan fingerprint density at radius 1 is 1.23 bits per heavy atom. The van der Waals surface area contributed by atoms with Crippen LogP contribution in [-0.4, -0.2) is 15.6 Å². The number of aromatic nitrogens is 1. The van der Waals surface area contributed by atoms with Crippen LogP contribution in [0.3, 0.4) is 0 Å². The minimum Gasteiger partial charge on any atom is -0.481 e. The molecule has 22 heavy (non-hydrogen) atoms. The largest absolute Gasteiger partial charge is 0.481 e. The number of nitrogens with zero attached hydrogens (tertiary/aromatic N) is 1. The van der Waals surface area contributed by atoms with Crippen molar-refractivity contribution in [2.75, 3.05) is 0 Å². The van der Waals surface area contributed by atoms with E-state index in [0.717, 1.165) is 25.8 Å². The first kappa shape index (κ1) is 19.0. The number of carbonyl (C=O) groups is 1. The van der Waals surface area contributed by atoms with Gasteiger partial charge in [-0.25, -0.2) is 0 Å². The lowest BCUT2D eigenvalue weighted by atomic mass is 10.0. The van der Waals surface area contributed by atoms with Gasteiger partial charge >= 0.3 is 5.97 Å². The molecule has 1 aromatic heterocycles. The minimum atomic E-state index is -0.691. The number of hydrogen-bond donors (Lipinski definition) is 1. The van der Waals surface area contributed by atoms with Gasteiger partial charge in [-0.1, -0.05) is 25.5 Å². The maximum absolute atomic E-state index is 10.8. The van der Waals surface area contributed by atoms with Crippen molar-refractivity contribution in [1.82, 2.24) is 4.57 Å². The van der Waals surface area contributed by atoms with Crippen LogP contribution in [0.2, 0.25) is 0 Å². The molecule has 1 atom stereocenters. The maximum Gasteiger partial charge on any atom is 0.306 e. The predicted molar refractivity (Wildman–Crippen MR) is 102 cm³/mol. The number of halogens is 1. The number of fused-ring (bicyclic) bond motifs is 1. The molecule has 0 aliphatic rings. The van der Waals surface area contributed by atoms with Crippen LogP contribution < -0.4 is 0 Å². The van der Waals surface area contributed by atoms with Crippen LogP contribution in [0.5, 0.6) is 0 Å². The Labute approximate surface area is 149 Å². The van der Waals surface area contributed by atoms with Gasteiger partial charge in [-0.15, -0.1) is 24.0 Å². The fraction of sp³-hybridized carbons (Fsp3) is 0.500. The highest BCUT2D eigenvalue weighted by Crippen LogP contribution is 2.28. The molecule has 2 rings (SSSR count). The number of rotatable bonds is 6. The second kappa shape index (κ2) is 7.99. The molecule has 2 aromatic rings. The van der Waals surface area contributed by atoms with Gasteiger partial charge < -0.3 is 9.67 Å². The molecule has 1 unspecified atom stereocenters. The van der Waals surface area contributed by atoms with Gasteiger partial charge in [0.2, 0.25) is 0 Å². The Kier molecular flexibility index (Phi) is 6.91. The van der Waals surface area contributed by atoms with Crippen molar-refractivity contribution in [3.63, 3.8) is 0 Å². The van der Waals surface area contributed by atoms with Crippen molar-refractivity contribution in [2.24, 2.45) is 5.92 Å². The van der Waals surface area contributed by atoms with E-state index in [2.05, 4.69) is 43.5 Å². The van der Waals surface area contributed by atoms with Crippen molar-refractivity contribution in [3.05, 3.63) is 35.0 Å². The summed E-state index contributed by atoms with van der Waals surface area (Å²) < 4.78 is 2.38. The van der Waals surface area contributed by atoms with E-state index in [1.165, 1.54) is 27.7 Å². The average molecular weight is 415 g/mol. The minimum absolute atomic E-state index is 0. The topological polar surface area (TPSA) is 42.2 Å². The third kappa shape index (κ3) is 3.83. The molecule has 0 aliphatic heterocycles. The van der Waals surface area contributed by atoms with Gasteiger partial charge in [0.15, 0.2) is 0 Å². The molecule has 0 saturated carbocycles. The summed E-state index contributed by atoms with van der Waals surface area (Å²) in [7, 11) is 0. The quantitative estimate of drug-likeness (QED) is 0.529. The number of benzene rings is 1. The lowest BCUT2D eigenvalue weighted by Gasteiger charge is -2.10. The summed E-state index contributed by atoms with van der Waals surface area (Å²) in [5.74, 6) is -0.930. The molecule has 0 radical (unpaired) electrons. The third-order valence-corrected chi connectivity index (χ3v) is 4.55. The summed E-state index contributed by atoms with van der Waals surface area (Å²) >= 11 is 0. The molecule has 3 nitrogen and oxygen atoms in total. The third-order valence-electron chi connectivity index (χ3n) is 4.55. The van der Waals surface area contributed by atoms with Crippen molar-refractivity contribution in [1.29, 1.82) is 0 Å². The number of aliphatic carboxylic acids is 1. The summed E-state index contributed by atoms with van der Waals surface area (Å²) in [5.41, 5.74) is 5.32. The Balaban J connectivity index is 0.00000242. The van der Waals surface area contributed by atoms with Gasteiger partial charge in [0.05, 0.1) is 5.92 Å². The summed E-state index contributed by atoms with van der Waals surface area (Å²) in [6.45, 7) is 9.27. The maximum atomic E-state index is 10.8. The zero-order valence-electron chi connectivity index (χ0n) is 13.8. The molecule has 0 bridgehead atoms. The van der Waals surface area contributed by atoms with Gasteiger partial charge in [0.1, 0.15) is 0 Å². The standard InChI is InChI=1S/C18H25NO2.HI/c1-12-9-7-10-16-17(12)14(3)15(4)19(16)11-6-5-8-13(2)18(20)21;/h7,9-10,13H,5-6,8,11H2,1-4H3,(H,20,21);1H. The molecular formula is C18H26INO2. The Morgan fingerprint density at radius 2 is 1.91 bits per heavy atom. The molecule has 1 N–H and O–H groups in total. The molecule has 1 aromatic carbocycles. The number of aryl methyl sites for hydroxylation is 3. The summed E-state index contributed by atoms with van der Waals surface area (Å²) in [6.07, 6.45) is 2.73. The lowest BCUT2D eigenvalue weighted by Crippen LogP contribution is -2.09. The van der Waals surface area contributed by atoms with Gasteiger partial charge in [-0.3, -0.25) is 4.79 Å². The Bertz CT molecular complexity index is 661. The summed E-state index contributed by atoms with van der Waals surface area (Å²) in [5, 5.41) is 10.3. The van der Waals surface area contributed by atoms with Crippen LogP contribution in [0.1, 0.15) is 43.0 Å². The van der Waals surface area contributed by atoms with Crippen molar-refractivity contribution in [2.45, 2.75) is 53.5 Å². The number of hydrogen-bond acceptors (Lipinski definition) is 1. The van der Waals surface area contributed by atoms with Crippen molar-refractivity contribution in [3.8, 4) is 0 Å². The number of carboxylic acid groups (broad SMARTS) is 1. The fourth-order valence-electron chi connectivity index (χ4n) is 3.06. The van der Waals surface area contributed by atoms with E-state index in [9.17, 15) is 4.79 Å². The molecule has 0 spiro atoms.